The van der Waals surface area contributed by atoms with E-state index in [0.29, 0.717) is 0 Å². The number of carbonyl (C=O) groups is 1. The van der Waals surface area contributed by atoms with Gasteiger partial charge in [0.15, 0.2) is 5.78 Å². The molecule has 3 aliphatic rings. The molecule has 36 heavy (non-hydrogen) atoms. The van der Waals surface area contributed by atoms with Gasteiger partial charge in [-0.05, 0) is 40.9 Å². The molecule has 0 unspecified atom stereocenters. The highest BCUT2D eigenvalue weighted by atomic mass is 16.7. The molecule has 1 saturated heterocycles. The van der Waals surface area contributed by atoms with Gasteiger partial charge in [-0.25, -0.2) is 0 Å². The standard InChI is InChI=1S/C32H40N2O2/c1-31(2,3)28-15-13-27(14-16-28)30(35)17-20-34-21-18-32(19-22-34)23-29(33-36-32)26-11-9-25(10-12-26)24-7-5-4-6-8-24/h9-17,20,24H,4-8,18-19,21-23H2,1-3H3. The van der Waals surface area contributed by atoms with Gasteiger partial charge in [0.1, 0.15) is 5.60 Å². The van der Waals surface area contributed by atoms with E-state index < -0.39 is 0 Å². The summed E-state index contributed by atoms with van der Waals surface area (Å²) >= 11 is 0. The maximum absolute atomic E-state index is 12.7. The van der Waals surface area contributed by atoms with Crippen LogP contribution in [-0.4, -0.2) is 35.1 Å². The molecule has 0 atom stereocenters. The highest BCUT2D eigenvalue weighted by Crippen LogP contribution is 2.37. The summed E-state index contributed by atoms with van der Waals surface area (Å²) < 4.78 is 0. The number of benzene rings is 2. The quantitative estimate of drug-likeness (QED) is 0.328. The molecule has 1 spiro atoms. The van der Waals surface area contributed by atoms with E-state index in [1.807, 2.05) is 18.3 Å². The van der Waals surface area contributed by atoms with Crippen molar-refractivity contribution in [1.29, 1.82) is 0 Å². The fraction of sp³-hybridized carbons (Fsp3) is 0.500. The first-order valence-corrected chi connectivity index (χ1v) is 13.7. The van der Waals surface area contributed by atoms with E-state index in [1.54, 1.807) is 6.08 Å². The second-order valence-corrected chi connectivity index (χ2v) is 12.0. The molecule has 1 saturated carbocycles. The molecule has 2 heterocycles. The number of carbonyl (C=O) groups excluding carboxylic acids is 1. The maximum atomic E-state index is 12.7. The van der Waals surface area contributed by atoms with E-state index in [4.69, 9.17) is 4.84 Å². The van der Waals surface area contributed by atoms with Crippen LogP contribution in [0.2, 0.25) is 0 Å². The van der Waals surface area contributed by atoms with Crippen molar-refractivity contribution < 1.29 is 9.63 Å². The lowest BCUT2D eigenvalue weighted by Crippen LogP contribution is -2.42. The summed E-state index contributed by atoms with van der Waals surface area (Å²) in [7, 11) is 0. The smallest absolute Gasteiger partial charge is 0.187 e. The van der Waals surface area contributed by atoms with Crippen molar-refractivity contribution in [3.05, 3.63) is 83.1 Å². The molecule has 2 aromatic carbocycles. The zero-order valence-electron chi connectivity index (χ0n) is 22.1. The summed E-state index contributed by atoms with van der Waals surface area (Å²) in [5.41, 5.74) is 5.61. The molecule has 0 bridgehead atoms. The Kier molecular flexibility index (Phi) is 7.05. The summed E-state index contributed by atoms with van der Waals surface area (Å²) in [5.74, 6) is 0.781. The summed E-state index contributed by atoms with van der Waals surface area (Å²) in [4.78, 5) is 20.9. The van der Waals surface area contributed by atoms with Gasteiger partial charge in [-0.15, -0.1) is 0 Å². The Balaban J connectivity index is 1.12. The van der Waals surface area contributed by atoms with Crippen molar-refractivity contribution in [3.63, 3.8) is 0 Å². The van der Waals surface area contributed by atoms with Crippen LogP contribution in [0.15, 0.2) is 66.0 Å². The van der Waals surface area contributed by atoms with E-state index in [1.165, 1.54) is 48.8 Å². The molecule has 5 rings (SSSR count). The van der Waals surface area contributed by atoms with Gasteiger partial charge < -0.3 is 9.74 Å². The van der Waals surface area contributed by atoms with Crippen LogP contribution in [0.25, 0.3) is 0 Å². The van der Waals surface area contributed by atoms with Gasteiger partial charge in [-0.1, -0.05) is 93.7 Å². The molecular weight excluding hydrogens is 444 g/mol. The molecule has 2 fully saturated rings. The Labute approximate surface area is 216 Å². The van der Waals surface area contributed by atoms with Gasteiger partial charge in [0, 0.05) is 50.2 Å². The third-order valence-electron chi connectivity index (χ3n) is 8.34. The van der Waals surface area contributed by atoms with Gasteiger partial charge in [0.2, 0.25) is 0 Å². The number of ketones is 1. The number of piperidine rings is 1. The summed E-state index contributed by atoms with van der Waals surface area (Å²) in [6.45, 7) is 8.29. The van der Waals surface area contributed by atoms with Gasteiger partial charge in [0.25, 0.3) is 0 Å². The molecule has 0 radical (unpaired) electrons. The van der Waals surface area contributed by atoms with Gasteiger partial charge >= 0.3 is 0 Å². The van der Waals surface area contributed by atoms with Crippen LogP contribution in [-0.2, 0) is 10.3 Å². The molecule has 4 heteroatoms. The number of oxime groups is 1. The summed E-state index contributed by atoms with van der Waals surface area (Å²) in [6.07, 6.45) is 13.1. The molecule has 4 nitrogen and oxygen atoms in total. The molecule has 1 aliphatic carbocycles. The molecule has 0 amide bonds. The van der Waals surface area contributed by atoms with E-state index >= 15 is 0 Å². The first-order valence-electron chi connectivity index (χ1n) is 13.7. The van der Waals surface area contributed by atoms with Gasteiger partial charge in [-0.2, -0.15) is 0 Å². The minimum Gasteiger partial charge on any atom is -0.388 e. The van der Waals surface area contributed by atoms with E-state index in [2.05, 4.69) is 67.2 Å². The Bertz CT molecular complexity index is 1110. The van der Waals surface area contributed by atoms with Crippen molar-refractivity contribution in [2.45, 2.75) is 89.1 Å². The molecule has 2 aliphatic heterocycles. The first kappa shape index (κ1) is 24.8. The third-order valence-corrected chi connectivity index (χ3v) is 8.34. The number of likely N-dealkylation sites (tertiary alicyclic amines) is 1. The van der Waals surface area contributed by atoms with E-state index in [0.717, 1.165) is 49.5 Å². The lowest BCUT2D eigenvalue weighted by Gasteiger charge is -2.36. The SMILES string of the molecule is CC(C)(C)c1ccc(C(=O)C=CN2CCC3(CC2)CC(c2ccc(C4CCCCC4)cc2)=NO3)cc1. The first-order chi connectivity index (χ1) is 17.3. The number of nitrogens with zero attached hydrogens (tertiary/aromatic N) is 2. The number of hydrogen-bond donors (Lipinski definition) is 0. The second kappa shape index (κ2) is 10.2. The molecule has 2 aromatic rings. The van der Waals surface area contributed by atoms with E-state index in [-0.39, 0.29) is 16.8 Å². The van der Waals surface area contributed by atoms with Gasteiger partial charge in [-0.3, -0.25) is 4.79 Å². The number of rotatable bonds is 5. The Morgan fingerprint density at radius 1 is 0.972 bits per heavy atom. The Hall–Kier alpha value is -2.88. The van der Waals surface area contributed by atoms with Crippen LogP contribution in [0.3, 0.4) is 0 Å². The zero-order chi connectivity index (χ0) is 25.2. The highest BCUT2D eigenvalue weighted by Gasteiger charge is 2.42. The highest BCUT2D eigenvalue weighted by molar-refractivity contribution is 6.04. The summed E-state index contributed by atoms with van der Waals surface area (Å²) in [6, 6.07) is 17.1. The molecular formula is C32H40N2O2. The molecule has 190 valence electrons. The fourth-order valence-corrected chi connectivity index (χ4v) is 5.81. The lowest BCUT2D eigenvalue weighted by molar-refractivity contribution is -0.0550. The second-order valence-electron chi connectivity index (χ2n) is 12.0. The Morgan fingerprint density at radius 2 is 1.64 bits per heavy atom. The van der Waals surface area contributed by atoms with Crippen LogP contribution in [0, 0.1) is 0 Å². The molecule has 0 aromatic heterocycles. The van der Waals surface area contributed by atoms with Crippen molar-refractivity contribution in [3.8, 4) is 0 Å². The van der Waals surface area contributed by atoms with Crippen LogP contribution in [0.5, 0.6) is 0 Å². The fourth-order valence-electron chi connectivity index (χ4n) is 5.81. The third kappa shape index (κ3) is 5.58. The number of hydrogen-bond acceptors (Lipinski definition) is 4. The topological polar surface area (TPSA) is 41.9 Å². The normalized spacial score (nSPS) is 20.5. The van der Waals surface area contributed by atoms with Crippen LogP contribution in [0.1, 0.15) is 105 Å². The zero-order valence-corrected chi connectivity index (χ0v) is 22.1. The Morgan fingerprint density at radius 3 is 2.28 bits per heavy atom. The lowest BCUT2D eigenvalue weighted by atomic mass is 9.83. The predicted octanol–water partition coefficient (Wildman–Crippen LogP) is 7.39. The monoisotopic (exact) mass is 484 g/mol. The average molecular weight is 485 g/mol. The summed E-state index contributed by atoms with van der Waals surface area (Å²) in [5, 5.41) is 4.51. The van der Waals surface area contributed by atoms with Crippen molar-refractivity contribution in [2.75, 3.05) is 13.1 Å². The largest absolute Gasteiger partial charge is 0.388 e. The predicted molar refractivity (Wildman–Crippen MR) is 147 cm³/mol. The maximum Gasteiger partial charge on any atom is 0.187 e. The van der Waals surface area contributed by atoms with E-state index in [9.17, 15) is 4.79 Å². The average Bonchev–Trinajstić information content (AvgIpc) is 3.32. The number of allylic oxidation sites excluding steroid dienone is 1. The van der Waals surface area contributed by atoms with Gasteiger partial charge in [0.05, 0.1) is 5.71 Å². The van der Waals surface area contributed by atoms with Crippen LogP contribution >= 0.6 is 0 Å². The van der Waals surface area contributed by atoms with Crippen LogP contribution < -0.4 is 0 Å². The minimum atomic E-state index is -0.200. The van der Waals surface area contributed by atoms with Crippen molar-refractivity contribution in [1.82, 2.24) is 4.90 Å². The van der Waals surface area contributed by atoms with Crippen LogP contribution in [0.4, 0.5) is 0 Å². The minimum absolute atomic E-state index is 0.0511. The van der Waals surface area contributed by atoms with Crippen molar-refractivity contribution in [2.24, 2.45) is 5.16 Å². The molecule has 0 N–H and O–H groups in total. The van der Waals surface area contributed by atoms with Crippen molar-refractivity contribution >= 4 is 11.5 Å².